The molecule has 1 fully saturated rings. The van der Waals surface area contributed by atoms with Gasteiger partial charge >= 0.3 is 0 Å². The van der Waals surface area contributed by atoms with Crippen LogP contribution in [-0.2, 0) is 4.79 Å². The zero-order chi connectivity index (χ0) is 11.4. The lowest BCUT2D eigenvalue weighted by Gasteiger charge is -2.21. The first kappa shape index (κ1) is 11.5. The number of hydrogen-bond acceptors (Lipinski definition) is 3. The van der Waals surface area contributed by atoms with E-state index < -0.39 is 0 Å². The Morgan fingerprint density at radius 2 is 2.56 bits per heavy atom. The van der Waals surface area contributed by atoms with Gasteiger partial charge in [0.05, 0.1) is 6.04 Å². The molecule has 0 aliphatic carbocycles. The number of amides is 1. The van der Waals surface area contributed by atoms with Crippen LogP contribution in [0.15, 0.2) is 23.4 Å². The second-order valence-corrected chi connectivity index (χ2v) is 5.08. The molecule has 16 heavy (non-hydrogen) atoms. The molecular weight excluding hydrogens is 220 g/mol. The van der Waals surface area contributed by atoms with Crippen molar-refractivity contribution in [3.63, 3.8) is 0 Å². The van der Waals surface area contributed by atoms with E-state index in [4.69, 9.17) is 0 Å². The zero-order valence-electron chi connectivity index (χ0n) is 9.43. The fraction of sp³-hybridized carbons (Fsp3) is 0.500. The predicted molar refractivity (Wildman–Crippen MR) is 65.4 cm³/mol. The van der Waals surface area contributed by atoms with Crippen LogP contribution in [0.2, 0.25) is 0 Å². The molecular formula is C12H16N2OS. The highest BCUT2D eigenvalue weighted by Crippen LogP contribution is 2.35. The van der Waals surface area contributed by atoms with E-state index in [1.54, 1.807) is 11.8 Å². The fourth-order valence-corrected chi connectivity index (χ4v) is 2.94. The van der Waals surface area contributed by atoms with Gasteiger partial charge in [-0.2, -0.15) is 0 Å². The summed E-state index contributed by atoms with van der Waals surface area (Å²) in [5.41, 5.74) is 1.21. The van der Waals surface area contributed by atoms with Crippen LogP contribution in [0, 0.1) is 0 Å². The molecule has 1 atom stereocenters. The minimum atomic E-state index is 0.236. The van der Waals surface area contributed by atoms with E-state index in [1.165, 1.54) is 5.56 Å². The van der Waals surface area contributed by atoms with E-state index in [-0.39, 0.29) is 6.04 Å². The number of thioether (sulfide) groups is 1. The number of aromatic nitrogens is 1. The maximum Gasteiger partial charge on any atom is 0.210 e. The number of pyridine rings is 1. The van der Waals surface area contributed by atoms with E-state index in [1.807, 2.05) is 17.2 Å². The van der Waals surface area contributed by atoms with Crippen LogP contribution in [-0.4, -0.2) is 28.6 Å². The largest absolute Gasteiger partial charge is 0.338 e. The van der Waals surface area contributed by atoms with Gasteiger partial charge in [0.25, 0.3) is 0 Å². The molecule has 1 aromatic rings. The summed E-state index contributed by atoms with van der Waals surface area (Å²) in [7, 11) is 0. The van der Waals surface area contributed by atoms with Gasteiger partial charge in [-0.3, -0.25) is 4.79 Å². The molecule has 1 aromatic heterocycles. The maximum absolute atomic E-state index is 11.0. The zero-order valence-corrected chi connectivity index (χ0v) is 10.2. The van der Waals surface area contributed by atoms with Crippen LogP contribution in [0.25, 0.3) is 0 Å². The molecule has 4 heteroatoms. The number of carbonyl (C=O) groups excluding carboxylic acids is 1. The highest BCUT2D eigenvalue weighted by Gasteiger charge is 2.26. The Morgan fingerprint density at radius 3 is 3.31 bits per heavy atom. The number of rotatable bonds is 4. The van der Waals surface area contributed by atoms with Crippen LogP contribution in [0.5, 0.6) is 0 Å². The molecule has 1 aliphatic heterocycles. The van der Waals surface area contributed by atoms with Gasteiger partial charge in [0, 0.05) is 18.3 Å². The van der Waals surface area contributed by atoms with E-state index in [0.29, 0.717) is 0 Å². The van der Waals surface area contributed by atoms with Crippen molar-refractivity contribution in [2.45, 2.75) is 30.8 Å². The molecule has 0 bridgehead atoms. The van der Waals surface area contributed by atoms with Crippen molar-refractivity contribution >= 4 is 18.2 Å². The summed E-state index contributed by atoms with van der Waals surface area (Å²) in [6.45, 7) is 2.99. The van der Waals surface area contributed by atoms with Crippen LogP contribution in [0.1, 0.15) is 31.4 Å². The Bertz CT molecular complexity index is 370. The monoisotopic (exact) mass is 236 g/mol. The average molecular weight is 236 g/mol. The van der Waals surface area contributed by atoms with Crippen molar-refractivity contribution in [1.82, 2.24) is 9.88 Å². The molecule has 2 rings (SSSR count). The number of likely N-dealkylation sites (tertiary alicyclic amines) is 1. The molecule has 1 amide bonds. The molecule has 3 nitrogen and oxygen atoms in total. The van der Waals surface area contributed by atoms with Crippen LogP contribution in [0.3, 0.4) is 0 Å². The smallest absolute Gasteiger partial charge is 0.210 e. The van der Waals surface area contributed by atoms with Gasteiger partial charge in [-0.1, -0.05) is 13.0 Å². The van der Waals surface area contributed by atoms with Gasteiger partial charge in [-0.15, -0.1) is 11.8 Å². The molecule has 2 heterocycles. The number of carbonyl (C=O) groups is 1. The summed E-state index contributed by atoms with van der Waals surface area (Å²) >= 11 is 1.75. The molecule has 0 N–H and O–H groups in total. The predicted octanol–water partition coefficient (Wildman–Crippen LogP) is 2.49. The third-order valence-corrected chi connectivity index (χ3v) is 3.77. The first-order chi connectivity index (χ1) is 7.86. The third-order valence-electron chi connectivity index (χ3n) is 2.87. The van der Waals surface area contributed by atoms with E-state index in [0.717, 1.165) is 36.6 Å². The first-order valence-electron chi connectivity index (χ1n) is 5.65. The summed E-state index contributed by atoms with van der Waals surface area (Å²) < 4.78 is 0. The lowest BCUT2D eigenvalue weighted by molar-refractivity contribution is -0.118. The van der Waals surface area contributed by atoms with Crippen molar-refractivity contribution in [3.8, 4) is 0 Å². The van der Waals surface area contributed by atoms with Crippen molar-refractivity contribution in [2.24, 2.45) is 0 Å². The van der Waals surface area contributed by atoms with Gasteiger partial charge in [-0.25, -0.2) is 4.98 Å². The Labute approximate surface area is 100 Å². The quantitative estimate of drug-likeness (QED) is 0.595. The van der Waals surface area contributed by atoms with Gasteiger partial charge in [0.15, 0.2) is 0 Å². The van der Waals surface area contributed by atoms with E-state index >= 15 is 0 Å². The summed E-state index contributed by atoms with van der Waals surface area (Å²) in [6.07, 6.45) is 4.93. The van der Waals surface area contributed by atoms with Crippen LogP contribution < -0.4 is 0 Å². The van der Waals surface area contributed by atoms with Crippen molar-refractivity contribution in [2.75, 3.05) is 12.3 Å². The van der Waals surface area contributed by atoms with Crippen molar-refractivity contribution in [3.05, 3.63) is 23.9 Å². The molecule has 0 aromatic carbocycles. The fourth-order valence-electron chi connectivity index (χ4n) is 2.16. The molecule has 0 radical (unpaired) electrons. The van der Waals surface area contributed by atoms with Crippen LogP contribution in [0.4, 0.5) is 0 Å². The number of nitrogens with zero attached hydrogens (tertiary/aromatic N) is 2. The average Bonchev–Trinajstić information content (AvgIpc) is 2.78. The molecule has 1 aliphatic rings. The van der Waals surface area contributed by atoms with Crippen molar-refractivity contribution in [1.29, 1.82) is 0 Å². The first-order valence-corrected chi connectivity index (χ1v) is 6.64. The normalized spacial score (nSPS) is 20.1. The van der Waals surface area contributed by atoms with Gasteiger partial charge in [0.2, 0.25) is 6.41 Å². The standard InChI is InChI=1S/C12H16N2OS/c1-2-16-12-10(5-3-7-13-12)11-6-4-8-14(11)9-15/h3,5,7,9,11H,2,4,6,8H2,1H3/t11-/m1/s1. The van der Waals surface area contributed by atoms with Crippen LogP contribution >= 0.6 is 11.8 Å². The maximum atomic E-state index is 11.0. The van der Waals surface area contributed by atoms with E-state index in [9.17, 15) is 4.79 Å². The third kappa shape index (κ3) is 2.21. The SMILES string of the molecule is CCSc1ncccc1[C@H]1CCCN1C=O. The summed E-state index contributed by atoms with van der Waals surface area (Å²) in [6, 6.07) is 4.29. The molecule has 0 unspecified atom stereocenters. The Hall–Kier alpha value is -1.03. The lowest BCUT2D eigenvalue weighted by atomic mass is 10.1. The summed E-state index contributed by atoms with van der Waals surface area (Å²) in [5, 5.41) is 1.07. The molecule has 0 saturated carbocycles. The summed E-state index contributed by atoms with van der Waals surface area (Å²) in [5.74, 6) is 1.01. The minimum absolute atomic E-state index is 0.236. The summed E-state index contributed by atoms with van der Waals surface area (Å²) in [4.78, 5) is 17.2. The second kappa shape index (κ2) is 5.34. The van der Waals surface area contributed by atoms with E-state index in [2.05, 4.69) is 18.0 Å². The molecule has 1 saturated heterocycles. The Morgan fingerprint density at radius 1 is 1.69 bits per heavy atom. The van der Waals surface area contributed by atoms with Gasteiger partial charge in [-0.05, 0) is 24.7 Å². The Kier molecular flexibility index (Phi) is 3.83. The molecule has 86 valence electrons. The second-order valence-electron chi connectivity index (χ2n) is 3.83. The lowest BCUT2D eigenvalue weighted by Crippen LogP contribution is -2.21. The minimum Gasteiger partial charge on any atom is -0.338 e. The highest BCUT2D eigenvalue weighted by atomic mass is 32.2. The topological polar surface area (TPSA) is 33.2 Å². The Balaban J connectivity index is 2.27. The van der Waals surface area contributed by atoms with Crippen molar-refractivity contribution < 1.29 is 4.79 Å². The van der Waals surface area contributed by atoms with Gasteiger partial charge < -0.3 is 4.90 Å². The highest BCUT2D eigenvalue weighted by molar-refractivity contribution is 7.99. The number of hydrogen-bond donors (Lipinski definition) is 0. The van der Waals surface area contributed by atoms with Gasteiger partial charge in [0.1, 0.15) is 5.03 Å². The molecule has 0 spiro atoms.